The number of aryl methyl sites for hydroxylation is 1. The van der Waals surface area contributed by atoms with Gasteiger partial charge in [0.1, 0.15) is 11.5 Å². The van der Waals surface area contributed by atoms with Crippen LogP contribution in [0.2, 0.25) is 0 Å². The Hall–Kier alpha value is -3.69. The number of aromatic hydroxyl groups is 1. The number of aromatic nitrogens is 1. The fourth-order valence-electron chi connectivity index (χ4n) is 4.18. The van der Waals surface area contributed by atoms with Crippen molar-refractivity contribution in [2.75, 3.05) is 13.7 Å². The monoisotopic (exact) mass is 550 g/mol. The standard InChI is InChI=1S/C29H30N2O5S2/c1-4-25-27(20-10-6-5-7-11-20)31-26(37-25)18-29(2,19-30-28(33)23-12-8-9-13-24(23)32)38(34,35)22-16-14-21(36-3)15-17-22/h5-17,32H,4,18-19H2,1-3H3,(H,30,33). The lowest BCUT2D eigenvalue weighted by atomic mass is 10.1. The van der Waals surface area contributed by atoms with E-state index in [1.807, 2.05) is 37.3 Å². The molecule has 1 unspecified atom stereocenters. The Labute approximate surface area is 227 Å². The number of nitrogens with one attached hydrogen (secondary N) is 1. The van der Waals surface area contributed by atoms with Crippen LogP contribution in [0.5, 0.6) is 11.5 Å². The van der Waals surface area contributed by atoms with E-state index in [9.17, 15) is 18.3 Å². The number of hydrogen-bond donors (Lipinski definition) is 2. The van der Waals surface area contributed by atoms with Gasteiger partial charge in [0.15, 0.2) is 9.84 Å². The van der Waals surface area contributed by atoms with E-state index in [1.165, 1.54) is 42.7 Å². The smallest absolute Gasteiger partial charge is 0.255 e. The molecular formula is C29H30N2O5S2. The van der Waals surface area contributed by atoms with Crippen molar-refractivity contribution >= 4 is 27.1 Å². The number of phenolic OH excluding ortho intramolecular Hbond substituents is 1. The number of sulfone groups is 1. The highest BCUT2D eigenvalue weighted by molar-refractivity contribution is 7.92. The number of hydrogen-bond acceptors (Lipinski definition) is 7. The molecule has 0 spiro atoms. The molecule has 1 heterocycles. The van der Waals surface area contributed by atoms with E-state index in [4.69, 9.17) is 9.72 Å². The third-order valence-electron chi connectivity index (χ3n) is 6.43. The van der Waals surface area contributed by atoms with Gasteiger partial charge in [-0.1, -0.05) is 49.4 Å². The molecular weight excluding hydrogens is 520 g/mol. The maximum absolute atomic E-state index is 14.0. The van der Waals surface area contributed by atoms with Gasteiger partial charge in [0.25, 0.3) is 5.91 Å². The van der Waals surface area contributed by atoms with E-state index in [-0.39, 0.29) is 29.2 Å². The quantitative estimate of drug-likeness (QED) is 0.278. The number of amides is 1. The number of nitrogens with zero attached hydrogens (tertiary/aromatic N) is 1. The van der Waals surface area contributed by atoms with Crippen LogP contribution in [0.3, 0.4) is 0 Å². The molecule has 0 saturated carbocycles. The average Bonchev–Trinajstić information content (AvgIpc) is 3.35. The van der Waals surface area contributed by atoms with E-state index in [0.717, 1.165) is 22.6 Å². The minimum Gasteiger partial charge on any atom is -0.507 e. The number of benzene rings is 3. The summed E-state index contributed by atoms with van der Waals surface area (Å²) >= 11 is 1.48. The summed E-state index contributed by atoms with van der Waals surface area (Å²) in [7, 11) is -2.44. The van der Waals surface area contributed by atoms with Crippen molar-refractivity contribution in [3.05, 3.63) is 94.3 Å². The van der Waals surface area contributed by atoms with Gasteiger partial charge in [-0.25, -0.2) is 13.4 Å². The first-order chi connectivity index (χ1) is 18.2. The molecule has 0 radical (unpaired) electrons. The Morgan fingerprint density at radius 2 is 1.68 bits per heavy atom. The molecule has 1 amide bonds. The Balaban J connectivity index is 1.71. The van der Waals surface area contributed by atoms with Crippen molar-refractivity contribution in [3.8, 4) is 22.8 Å². The molecule has 2 N–H and O–H groups in total. The summed E-state index contributed by atoms with van der Waals surface area (Å²) in [5, 5.41) is 13.5. The van der Waals surface area contributed by atoms with Gasteiger partial charge >= 0.3 is 0 Å². The maximum Gasteiger partial charge on any atom is 0.255 e. The van der Waals surface area contributed by atoms with Gasteiger partial charge in [-0.15, -0.1) is 11.3 Å². The first-order valence-corrected chi connectivity index (χ1v) is 14.5. The Morgan fingerprint density at radius 3 is 2.32 bits per heavy atom. The van der Waals surface area contributed by atoms with Crippen LogP contribution in [-0.4, -0.2) is 42.8 Å². The number of thiazole rings is 1. The highest BCUT2D eigenvalue weighted by atomic mass is 32.2. The van der Waals surface area contributed by atoms with Gasteiger partial charge in [-0.2, -0.15) is 0 Å². The van der Waals surface area contributed by atoms with Crippen molar-refractivity contribution in [1.29, 1.82) is 0 Å². The molecule has 0 aliphatic rings. The van der Waals surface area contributed by atoms with Crippen LogP contribution >= 0.6 is 11.3 Å². The summed E-state index contributed by atoms with van der Waals surface area (Å²) in [5.74, 6) is -0.194. The van der Waals surface area contributed by atoms with Crippen LogP contribution in [0.15, 0.2) is 83.8 Å². The molecule has 4 aromatic rings. The van der Waals surface area contributed by atoms with Gasteiger partial charge in [0.2, 0.25) is 0 Å². The third kappa shape index (κ3) is 5.58. The average molecular weight is 551 g/mol. The minimum atomic E-state index is -3.95. The maximum atomic E-state index is 14.0. The fraction of sp³-hybridized carbons (Fsp3) is 0.241. The molecule has 7 nitrogen and oxygen atoms in total. The van der Waals surface area contributed by atoms with Crippen molar-refractivity contribution in [2.24, 2.45) is 0 Å². The van der Waals surface area contributed by atoms with Crippen LogP contribution < -0.4 is 10.1 Å². The second-order valence-corrected chi connectivity index (χ2v) is 12.7. The third-order valence-corrected chi connectivity index (χ3v) is 10.1. The van der Waals surface area contributed by atoms with Gasteiger partial charge in [0, 0.05) is 23.4 Å². The van der Waals surface area contributed by atoms with Crippen LogP contribution in [0, 0.1) is 0 Å². The molecule has 0 bridgehead atoms. The molecule has 9 heteroatoms. The summed E-state index contributed by atoms with van der Waals surface area (Å²) in [6.45, 7) is 3.48. The van der Waals surface area contributed by atoms with Gasteiger partial charge in [-0.05, 0) is 49.7 Å². The minimum absolute atomic E-state index is 0.0746. The van der Waals surface area contributed by atoms with Gasteiger partial charge in [-0.3, -0.25) is 4.79 Å². The number of phenols is 1. The normalized spacial score (nSPS) is 13.0. The molecule has 0 saturated heterocycles. The van der Waals surface area contributed by atoms with Crippen molar-refractivity contribution in [1.82, 2.24) is 10.3 Å². The van der Waals surface area contributed by atoms with Gasteiger partial charge < -0.3 is 15.2 Å². The van der Waals surface area contributed by atoms with E-state index in [2.05, 4.69) is 5.32 Å². The number of methoxy groups -OCH3 is 1. The Bertz CT molecular complexity index is 1520. The van der Waals surface area contributed by atoms with Crippen molar-refractivity contribution < 1.29 is 23.1 Å². The van der Waals surface area contributed by atoms with E-state index in [0.29, 0.717) is 10.8 Å². The lowest BCUT2D eigenvalue weighted by molar-refractivity contribution is 0.0947. The lowest BCUT2D eigenvalue weighted by Gasteiger charge is -2.29. The fourth-order valence-corrected chi connectivity index (χ4v) is 7.14. The SMILES string of the molecule is CCc1sc(CC(C)(CNC(=O)c2ccccc2O)S(=O)(=O)c2ccc(OC)cc2)nc1-c1ccccc1. The molecule has 198 valence electrons. The van der Waals surface area contributed by atoms with Crippen molar-refractivity contribution in [3.63, 3.8) is 0 Å². The van der Waals surface area contributed by atoms with E-state index < -0.39 is 20.5 Å². The zero-order chi connectivity index (χ0) is 27.3. The number of para-hydroxylation sites is 1. The molecule has 1 atom stereocenters. The zero-order valence-corrected chi connectivity index (χ0v) is 23.1. The first-order valence-electron chi connectivity index (χ1n) is 12.2. The topological polar surface area (TPSA) is 106 Å². The summed E-state index contributed by atoms with van der Waals surface area (Å²) < 4.78 is 31.8. The predicted molar refractivity (Wildman–Crippen MR) is 150 cm³/mol. The second kappa shape index (κ2) is 11.4. The van der Waals surface area contributed by atoms with Crippen LogP contribution in [0.4, 0.5) is 0 Å². The summed E-state index contributed by atoms with van der Waals surface area (Å²) in [5.41, 5.74) is 1.89. The zero-order valence-electron chi connectivity index (χ0n) is 21.5. The molecule has 4 rings (SSSR count). The van der Waals surface area contributed by atoms with Gasteiger partial charge in [0.05, 0.1) is 33.0 Å². The highest BCUT2D eigenvalue weighted by Gasteiger charge is 2.42. The molecule has 3 aromatic carbocycles. The van der Waals surface area contributed by atoms with E-state index in [1.54, 1.807) is 31.2 Å². The number of ether oxygens (including phenoxy) is 1. The number of carbonyl (C=O) groups is 1. The Morgan fingerprint density at radius 1 is 1.03 bits per heavy atom. The second-order valence-electron chi connectivity index (χ2n) is 9.10. The summed E-state index contributed by atoms with van der Waals surface area (Å²) in [6.07, 6.45) is 0.848. The highest BCUT2D eigenvalue weighted by Crippen LogP contribution is 2.35. The largest absolute Gasteiger partial charge is 0.507 e. The van der Waals surface area contributed by atoms with Crippen LogP contribution in [0.1, 0.15) is 34.1 Å². The lowest BCUT2D eigenvalue weighted by Crippen LogP contribution is -2.48. The van der Waals surface area contributed by atoms with Crippen LogP contribution in [0.25, 0.3) is 11.3 Å². The molecule has 0 fully saturated rings. The molecule has 38 heavy (non-hydrogen) atoms. The number of carbonyl (C=O) groups excluding carboxylic acids is 1. The molecule has 1 aromatic heterocycles. The molecule has 0 aliphatic heterocycles. The summed E-state index contributed by atoms with van der Waals surface area (Å²) in [4.78, 5) is 18.9. The predicted octanol–water partition coefficient (Wildman–Crippen LogP) is 5.29. The first kappa shape index (κ1) is 27.3. The Kier molecular flexibility index (Phi) is 8.18. The van der Waals surface area contributed by atoms with E-state index >= 15 is 0 Å². The summed E-state index contributed by atoms with van der Waals surface area (Å²) in [6, 6.07) is 22.1. The van der Waals surface area contributed by atoms with Crippen molar-refractivity contribution in [2.45, 2.75) is 36.3 Å². The molecule has 0 aliphatic carbocycles. The van der Waals surface area contributed by atoms with Crippen LogP contribution in [-0.2, 0) is 22.7 Å². The number of rotatable bonds is 10.